The van der Waals surface area contributed by atoms with Crippen molar-refractivity contribution in [3.05, 3.63) is 34.1 Å². The van der Waals surface area contributed by atoms with Gasteiger partial charge in [0.25, 0.3) is 0 Å². The zero-order valence-corrected chi connectivity index (χ0v) is 11.1. The van der Waals surface area contributed by atoms with Crippen LogP contribution >= 0.6 is 0 Å². The largest absolute Gasteiger partial charge is 0.493 e. The first kappa shape index (κ1) is 15.9. The molecule has 0 aliphatic heterocycles. The van der Waals surface area contributed by atoms with E-state index in [-0.39, 0.29) is 18.4 Å². The molecule has 0 amide bonds. The van der Waals surface area contributed by atoms with Gasteiger partial charge in [0.15, 0.2) is 0 Å². The number of benzene rings is 1. The van der Waals surface area contributed by atoms with Gasteiger partial charge < -0.3 is 10.1 Å². The van der Waals surface area contributed by atoms with Crippen LogP contribution in [0.2, 0.25) is 0 Å². The van der Waals surface area contributed by atoms with E-state index >= 15 is 0 Å². The highest BCUT2D eigenvalue weighted by Gasteiger charge is 2.14. The lowest BCUT2D eigenvalue weighted by Crippen LogP contribution is -2.29. The molecule has 1 unspecified atom stereocenters. The summed E-state index contributed by atoms with van der Waals surface area (Å²) in [4.78, 5) is 9.66. The van der Waals surface area contributed by atoms with Crippen LogP contribution in [0.25, 0.3) is 0 Å². The van der Waals surface area contributed by atoms with Gasteiger partial charge in [-0.2, -0.15) is 9.65 Å². The molecule has 0 aliphatic rings. The van der Waals surface area contributed by atoms with Crippen molar-refractivity contribution in [2.24, 2.45) is 0 Å². The number of nitrogens with one attached hydrogen (secondary N) is 1. The molecule has 0 aromatic heterocycles. The predicted octanol–water partition coefficient (Wildman–Crippen LogP) is 2.39. The Hall–Kier alpha value is -2.20. The van der Waals surface area contributed by atoms with Gasteiger partial charge in [0.1, 0.15) is 5.75 Å². The van der Waals surface area contributed by atoms with Gasteiger partial charge >= 0.3 is 5.69 Å². The van der Waals surface area contributed by atoms with E-state index in [1.165, 1.54) is 6.07 Å². The molecule has 0 bridgehead atoms. The number of rotatable bonds is 8. The van der Waals surface area contributed by atoms with Crippen molar-refractivity contribution in [2.45, 2.75) is 25.8 Å². The maximum Gasteiger partial charge on any atom is 0.305 e. The molecule has 0 radical (unpaired) electrons. The summed E-state index contributed by atoms with van der Waals surface area (Å²) < 4.78 is 18.6. The lowest BCUT2D eigenvalue weighted by molar-refractivity contribution is -0.387. The Morgan fingerprint density at radius 3 is 2.90 bits per heavy atom. The van der Waals surface area contributed by atoms with Gasteiger partial charge in [0.2, 0.25) is 5.82 Å². The number of nitro benzene ring substituents is 1. The van der Waals surface area contributed by atoms with Gasteiger partial charge in [0.05, 0.1) is 23.6 Å². The number of nitriles is 1. The molecule has 1 aromatic carbocycles. The van der Waals surface area contributed by atoms with Crippen LogP contribution in [-0.4, -0.2) is 24.1 Å². The highest BCUT2D eigenvalue weighted by Crippen LogP contribution is 2.22. The van der Waals surface area contributed by atoms with Crippen molar-refractivity contribution in [3.8, 4) is 11.8 Å². The highest BCUT2D eigenvalue weighted by molar-refractivity contribution is 5.37. The van der Waals surface area contributed by atoms with Crippen molar-refractivity contribution < 1.29 is 14.1 Å². The summed E-state index contributed by atoms with van der Waals surface area (Å²) in [5.41, 5.74) is -0.586. The minimum atomic E-state index is -0.937. The Morgan fingerprint density at radius 2 is 2.35 bits per heavy atom. The number of hydrogen-bond acceptors (Lipinski definition) is 5. The lowest BCUT2D eigenvalue weighted by Gasteiger charge is -2.11. The number of nitro groups is 1. The van der Waals surface area contributed by atoms with Gasteiger partial charge in [-0.25, -0.2) is 0 Å². The van der Waals surface area contributed by atoms with E-state index in [1.807, 2.05) is 6.92 Å². The fraction of sp³-hybridized carbons (Fsp3) is 0.462. The minimum absolute atomic E-state index is 0.209. The molecule has 0 aliphatic carbocycles. The normalized spacial score (nSPS) is 11.7. The van der Waals surface area contributed by atoms with E-state index in [0.29, 0.717) is 6.42 Å². The third-order valence-corrected chi connectivity index (χ3v) is 2.59. The minimum Gasteiger partial charge on any atom is -0.493 e. The summed E-state index contributed by atoms with van der Waals surface area (Å²) >= 11 is 0. The molecule has 1 N–H and O–H groups in total. The molecule has 6 nitrogen and oxygen atoms in total. The average Bonchev–Trinajstić information content (AvgIpc) is 2.42. The first-order valence-corrected chi connectivity index (χ1v) is 6.28. The fourth-order valence-corrected chi connectivity index (χ4v) is 1.55. The second-order valence-electron chi connectivity index (χ2n) is 4.14. The fourth-order valence-electron chi connectivity index (χ4n) is 1.55. The van der Waals surface area contributed by atoms with Crippen molar-refractivity contribution in [1.29, 1.82) is 5.26 Å². The first-order valence-electron chi connectivity index (χ1n) is 6.28. The summed E-state index contributed by atoms with van der Waals surface area (Å²) in [6.07, 6.45) is 1.38. The van der Waals surface area contributed by atoms with Crippen LogP contribution < -0.4 is 10.1 Å². The van der Waals surface area contributed by atoms with Crippen LogP contribution in [0, 0.1) is 27.3 Å². The smallest absolute Gasteiger partial charge is 0.305 e. The summed E-state index contributed by atoms with van der Waals surface area (Å²) in [6, 6.07) is 5.15. The Labute approximate surface area is 116 Å². The van der Waals surface area contributed by atoms with Crippen LogP contribution in [-0.2, 0) is 0 Å². The molecule has 0 spiro atoms. The summed E-state index contributed by atoms with van der Waals surface area (Å²) in [7, 11) is 0. The monoisotopic (exact) mass is 281 g/mol. The molecule has 108 valence electrons. The zero-order chi connectivity index (χ0) is 15.0. The summed E-state index contributed by atoms with van der Waals surface area (Å²) in [5, 5.41) is 22.4. The Morgan fingerprint density at radius 1 is 1.60 bits per heavy atom. The van der Waals surface area contributed by atoms with Crippen LogP contribution in [0.5, 0.6) is 5.75 Å². The van der Waals surface area contributed by atoms with E-state index in [4.69, 9.17) is 10.00 Å². The molecule has 1 rings (SSSR count). The molecule has 0 heterocycles. The van der Waals surface area contributed by atoms with Gasteiger partial charge in [-0.3, -0.25) is 10.1 Å². The molecule has 0 fully saturated rings. The molecule has 1 atom stereocenters. The summed E-state index contributed by atoms with van der Waals surface area (Å²) in [6.45, 7) is 2.97. The standard InChI is InChI=1S/C13H16FN3O3/c1-2-6-16-10(9-15)5-7-20-11-3-4-13(17(18)19)12(14)8-11/h3-4,8,10,16H,2,5-7H2,1H3. The zero-order valence-electron chi connectivity index (χ0n) is 11.1. The van der Waals surface area contributed by atoms with E-state index < -0.39 is 16.4 Å². The molecular weight excluding hydrogens is 265 g/mol. The summed E-state index contributed by atoms with van der Waals surface area (Å²) in [5.74, 6) is -0.728. The molecule has 1 aromatic rings. The molecule has 20 heavy (non-hydrogen) atoms. The lowest BCUT2D eigenvalue weighted by atomic mass is 10.2. The molecular formula is C13H16FN3O3. The van der Waals surface area contributed by atoms with Crippen LogP contribution in [0.3, 0.4) is 0 Å². The van der Waals surface area contributed by atoms with E-state index in [9.17, 15) is 14.5 Å². The van der Waals surface area contributed by atoms with E-state index in [1.54, 1.807) is 0 Å². The van der Waals surface area contributed by atoms with E-state index in [2.05, 4.69) is 11.4 Å². The highest BCUT2D eigenvalue weighted by atomic mass is 19.1. The topological polar surface area (TPSA) is 88.2 Å². The predicted molar refractivity (Wildman–Crippen MR) is 70.9 cm³/mol. The number of nitrogens with zero attached hydrogens (tertiary/aromatic N) is 2. The van der Waals surface area contributed by atoms with Crippen molar-refractivity contribution in [3.63, 3.8) is 0 Å². The molecule has 0 saturated carbocycles. The van der Waals surface area contributed by atoms with Gasteiger partial charge in [-0.1, -0.05) is 6.92 Å². The maximum absolute atomic E-state index is 13.3. The van der Waals surface area contributed by atoms with Gasteiger partial charge in [-0.05, 0) is 19.0 Å². The Balaban J connectivity index is 2.48. The second-order valence-corrected chi connectivity index (χ2v) is 4.14. The third-order valence-electron chi connectivity index (χ3n) is 2.59. The van der Waals surface area contributed by atoms with Crippen molar-refractivity contribution in [1.82, 2.24) is 5.32 Å². The van der Waals surface area contributed by atoms with Crippen LogP contribution in [0.4, 0.5) is 10.1 Å². The van der Waals surface area contributed by atoms with Crippen molar-refractivity contribution in [2.75, 3.05) is 13.2 Å². The Bertz CT molecular complexity index is 502. The van der Waals surface area contributed by atoms with E-state index in [0.717, 1.165) is 25.1 Å². The van der Waals surface area contributed by atoms with Crippen LogP contribution in [0.1, 0.15) is 19.8 Å². The quantitative estimate of drug-likeness (QED) is 0.584. The SMILES string of the molecule is CCCNC(C#N)CCOc1ccc([N+](=O)[O-])c(F)c1. The number of halogens is 1. The van der Waals surface area contributed by atoms with Gasteiger partial charge in [-0.15, -0.1) is 0 Å². The number of hydrogen-bond donors (Lipinski definition) is 1. The molecule has 0 saturated heterocycles. The molecule has 7 heteroatoms. The maximum atomic E-state index is 13.3. The van der Waals surface area contributed by atoms with Crippen molar-refractivity contribution >= 4 is 5.69 Å². The third kappa shape index (κ3) is 4.82. The van der Waals surface area contributed by atoms with Crippen LogP contribution in [0.15, 0.2) is 18.2 Å². The second kappa shape index (κ2) is 8.07. The first-order chi connectivity index (χ1) is 9.58. The average molecular weight is 281 g/mol. The Kier molecular flexibility index (Phi) is 6.40. The number of ether oxygens (including phenoxy) is 1. The van der Waals surface area contributed by atoms with Gasteiger partial charge in [0, 0.05) is 18.6 Å².